The van der Waals surface area contributed by atoms with Gasteiger partial charge in [0.2, 0.25) is 0 Å². The molecule has 2 aromatic carbocycles. The van der Waals surface area contributed by atoms with E-state index in [-0.39, 0.29) is 5.91 Å². The van der Waals surface area contributed by atoms with Gasteiger partial charge < -0.3 is 4.74 Å². The Balaban J connectivity index is 1.75. The van der Waals surface area contributed by atoms with Crippen molar-refractivity contribution in [1.29, 1.82) is 0 Å². The molecule has 5 heteroatoms. The van der Waals surface area contributed by atoms with Crippen molar-refractivity contribution in [2.75, 3.05) is 7.11 Å². The summed E-state index contributed by atoms with van der Waals surface area (Å²) in [6.07, 6.45) is 4.98. The lowest BCUT2D eigenvalue weighted by Crippen LogP contribution is -2.50. The lowest BCUT2D eigenvalue weighted by molar-refractivity contribution is 0.0648. The zero-order chi connectivity index (χ0) is 20.6. The molecule has 0 N–H and O–H groups in total. The van der Waals surface area contributed by atoms with Gasteiger partial charge in [0.05, 0.1) is 7.11 Å². The number of benzene rings is 2. The van der Waals surface area contributed by atoms with E-state index in [2.05, 4.69) is 6.92 Å². The lowest BCUT2D eigenvalue weighted by Gasteiger charge is -2.39. The highest BCUT2D eigenvalue weighted by molar-refractivity contribution is 7.82. The molecule has 29 heavy (non-hydrogen) atoms. The summed E-state index contributed by atoms with van der Waals surface area (Å²) in [5.41, 5.74) is 4.06. The topological polar surface area (TPSA) is 41.9 Å². The molecule has 0 radical (unpaired) electrons. The number of carbonyl (C=O) groups is 1. The van der Waals surface area contributed by atoms with Gasteiger partial charge in [-0.05, 0) is 87.1 Å². The second kappa shape index (κ2) is 7.71. The van der Waals surface area contributed by atoms with Crippen molar-refractivity contribution in [3.05, 3.63) is 64.7 Å². The number of nitrogens with zero attached hydrogens (tertiary/aromatic N) is 2. The number of thiocarbonyl (C=S) groups is 1. The number of ether oxygens (including phenoxy) is 1. The maximum absolute atomic E-state index is 13.6. The van der Waals surface area contributed by atoms with E-state index in [9.17, 15) is 4.79 Å². The zero-order valence-corrected chi connectivity index (χ0v) is 18.0. The van der Waals surface area contributed by atoms with E-state index in [1.54, 1.807) is 12.0 Å². The van der Waals surface area contributed by atoms with Gasteiger partial charge in [-0.25, -0.2) is 0 Å². The molecule has 1 aliphatic heterocycles. The molecule has 0 unspecified atom stereocenters. The van der Waals surface area contributed by atoms with Crippen LogP contribution in [0.15, 0.2) is 47.5 Å². The second-order valence-electron chi connectivity index (χ2n) is 7.98. The molecule has 1 aliphatic carbocycles. The number of aryl methyl sites for hydroxylation is 2. The summed E-state index contributed by atoms with van der Waals surface area (Å²) in [6.45, 7) is 4.08. The van der Waals surface area contributed by atoms with Crippen molar-refractivity contribution in [3.63, 3.8) is 0 Å². The summed E-state index contributed by atoms with van der Waals surface area (Å²) in [4.78, 5) is 21.0. The molecule has 0 aromatic heterocycles. The summed E-state index contributed by atoms with van der Waals surface area (Å²) in [5.74, 6) is 0.737. The van der Waals surface area contributed by atoms with Gasteiger partial charge in [0.25, 0.3) is 5.91 Å². The van der Waals surface area contributed by atoms with Crippen LogP contribution in [0.25, 0.3) is 0 Å². The van der Waals surface area contributed by atoms with Gasteiger partial charge in [-0.15, -0.1) is 0 Å². The third-order valence-corrected chi connectivity index (χ3v) is 6.49. The molecule has 4 nitrogen and oxygen atoms in total. The van der Waals surface area contributed by atoms with E-state index in [1.807, 2.05) is 49.4 Å². The minimum Gasteiger partial charge on any atom is -0.497 e. The van der Waals surface area contributed by atoms with Crippen LogP contribution < -0.4 is 4.74 Å². The standard InChI is InChI=1S/C24H26N2O2S/c1-16-7-8-19(15-17(16)2)22(27)26-23(29)21(18-9-11-20(28-3)12-10-18)25-24(26)13-5-4-6-14-24/h7-12,15H,4-6,13-14H2,1-3H3. The Kier molecular flexibility index (Phi) is 5.26. The quantitative estimate of drug-likeness (QED) is 0.654. The minimum absolute atomic E-state index is 0.0488. The number of hydrogen-bond acceptors (Lipinski definition) is 4. The van der Waals surface area contributed by atoms with Crippen molar-refractivity contribution in [2.45, 2.75) is 51.6 Å². The van der Waals surface area contributed by atoms with Crippen LogP contribution in [0.1, 0.15) is 59.2 Å². The molecular weight excluding hydrogens is 380 g/mol. The maximum Gasteiger partial charge on any atom is 0.260 e. The number of aliphatic imine (C=N–C) groups is 1. The predicted molar refractivity (Wildman–Crippen MR) is 120 cm³/mol. The fraction of sp³-hybridized carbons (Fsp3) is 0.375. The molecule has 0 atom stereocenters. The average molecular weight is 407 g/mol. The molecule has 2 aromatic rings. The van der Waals surface area contributed by atoms with Crippen molar-refractivity contribution < 1.29 is 9.53 Å². The van der Waals surface area contributed by atoms with E-state index >= 15 is 0 Å². The fourth-order valence-corrected chi connectivity index (χ4v) is 4.69. The average Bonchev–Trinajstić information content (AvgIpc) is 3.01. The Hall–Kier alpha value is -2.53. The summed E-state index contributed by atoms with van der Waals surface area (Å²) in [6, 6.07) is 13.6. The van der Waals surface area contributed by atoms with Crippen LogP contribution in [0.4, 0.5) is 0 Å². The van der Waals surface area contributed by atoms with E-state index in [4.69, 9.17) is 21.9 Å². The van der Waals surface area contributed by atoms with Crippen LogP contribution in [0.5, 0.6) is 5.75 Å². The fourth-order valence-electron chi connectivity index (χ4n) is 4.28. The Morgan fingerprint density at radius 3 is 2.34 bits per heavy atom. The van der Waals surface area contributed by atoms with Crippen molar-refractivity contribution >= 4 is 28.8 Å². The van der Waals surface area contributed by atoms with Crippen molar-refractivity contribution in [2.24, 2.45) is 4.99 Å². The first-order chi connectivity index (χ1) is 13.9. The molecular formula is C24H26N2O2S. The number of rotatable bonds is 3. The van der Waals surface area contributed by atoms with Crippen LogP contribution in [-0.4, -0.2) is 34.3 Å². The summed E-state index contributed by atoms with van der Waals surface area (Å²) >= 11 is 5.84. The SMILES string of the molecule is COc1ccc(C2=NC3(CCCCC3)N(C(=O)c3ccc(C)c(C)c3)C2=S)cc1. The van der Waals surface area contributed by atoms with Gasteiger partial charge in [0.1, 0.15) is 22.1 Å². The van der Waals surface area contributed by atoms with Gasteiger partial charge >= 0.3 is 0 Å². The summed E-state index contributed by atoms with van der Waals surface area (Å²) < 4.78 is 5.27. The Bertz CT molecular complexity index is 988. The third kappa shape index (κ3) is 3.48. The largest absolute Gasteiger partial charge is 0.497 e. The Labute approximate surface area is 177 Å². The molecule has 1 fully saturated rings. The van der Waals surface area contributed by atoms with E-state index in [0.29, 0.717) is 10.6 Å². The highest BCUT2D eigenvalue weighted by Gasteiger charge is 2.48. The van der Waals surface area contributed by atoms with Crippen LogP contribution in [0.3, 0.4) is 0 Å². The molecule has 1 saturated carbocycles. The molecule has 1 spiro atoms. The number of methoxy groups -OCH3 is 1. The number of hydrogen-bond donors (Lipinski definition) is 0. The molecule has 150 valence electrons. The highest BCUT2D eigenvalue weighted by atomic mass is 32.1. The van der Waals surface area contributed by atoms with Crippen molar-refractivity contribution in [3.8, 4) is 5.75 Å². The third-order valence-electron chi connectivity index (χ3n) is 6.12. The maximum atomic E-state index is 13.6. The summed E-state index contributed by atoms with van der Waals surface area (Å²) in [5, 5.41) is 0. The molecule has 1 amide bonds. The molecule has 2 aliphatic rings. The normalized spacial score (nSPS) is 18.1. The van der Waals surface area contributed by atoms with E-state index in [0.717, 1.165) is 48.3 Å². The van der Waals surface area contributed by atoms with Crippen molar-refractivity contribution in [1.82, 2.24) is 4.90 Å². The first kappa shape index (κ1) is 19.8. The highest BCUT2D eigenvalue weighted by Crippen LogP contribution is 2.41. The van der Waals surface area contributed by atoms with Crippen LogP contribution >= 0.6 is 12.2 Å². The van der Waals surface area contributed by atoms with Gasteiger partial charge in [-0.1, -0.05) is 24.7 Å². The molecule has 1 heterocycles. The molecule has 0 saturated heterocycles. The van der Waals surface area contributed by atoms with Gasteiger partial charge in [0.15, 0.2) is 0 Å². The monoisotopic (exact) mass is 406 g/mol. The Morgan fingerprint density at radius 1 is 1.03 bits per heavy atom. The molecule has 4 rings (SSSR count). The number of amides is 1. The minimum atomic E-state index is -0.555. The second-order valence-corrected chi connectivity index (χ2v) is 8.36. The molecule has 0 bridgehead atoms. The summed E-state index contributed by atoms with van der Waals surface area (Å²) in [7, 11) is 1.65. The lowest BCUT2D eigenvalue weighted by atomic mass is 9.88. The zero-order valence-electron chi connectivity index (χ0n) is 17.2. The Morgan fingerprint density at radius 2 is 1.72 bits per heavy atom. The van der Waals surface area contributed by atoms with Crippen LogP contribution in [-0.2, 0) is 0 Å². The van der Waals surface area contributed by atoms with Gasteiger partial charge in [-0.2, -0.15) is 0 Å². The number of carbonyl (C=O) groups excluding carboxylic acids is 1. The van der Waals surface area contributed by atoms with Crippen LogP contribution in [0, 0.1) is 13.8 Å². The smallest absolute Gasteiger partial charge is 0.260 e. The van der Waals surface area contributed by atoms with Gasteiger partial charge in [0, 0.05) is 11.1 Å². The van der Waals surface area contributed by atoms with Crippen LogP contribution in [0.2, 0.25) is 0 Å². The van der Waals surface area contributed by atoms with Gasteiger partial charge in [-0.3, -0.25) is 14.7 Å². The van der Waals surface area contributed by atoms with E-state index < -0.39 is 5.66 Å². The first-order valence-electron chi connectivity index (χ1n) is 10.2. The predicted octanol–water partition coefficient (Wildman–Crippen LogP) is 5.24. The first-order valence-corrected chi connectivity index (χ1v) is 10.6. The van der Waals surface area contributed by atoms with E-state index in [1.165, 1.54) is 12.0 Å².